The lowest BCUT2D eigenvalue weighted by molar-refractivity contribution is -0.150. The van der Waals surface area contributed by atoms with E-state index in [2.05, 4.69) is 20.8 Å². The molecule has 1 atom stereocenters. The zero-order valence-electron chi connectivity index (χ0n) is 11.3. The molecule has 0 aromatic carbocycles. The SMILES string of the molecule is CCOC(=O)C1CCCN(CC2(CBr)CCC2)C1. The molecule has 0 N–H and O–H groups in total. The van der Waals surface area contributed by atoms with Gasteiger partial charge in [-0.3, -0.25) is 4.79 Å². The zero-order valence-corrected chi connectivity index (χ0v) is 12.9. The third-order valence-corrected chi connectivity index (χ3v) is 5.57. The van der Waals surface area contributed by atoms with Crippen molar-refractivity contribution >= 4 is 21.9 Å². The largest absolute Gasteiger partial charge is 0.466 e. The molecule has 2 rings (SSSR count). The average molecular weight is 318 g/mol. The summed E-state index contributed by atoms with van der Waals surface area (Å²) in [7, 11) is 0. The van der Waals surface area contributed by atoms with E-state index in [1.807, 2.05) is 6.92 Å². The lowest BCUT2D eigenvalue weighted by atomic mass is 9.70. The Labute approximate surface area is 118 Å². The summed E-state index contributed by atoms with van der Waals surface area (Å²) in [5, 5.41) is 1.10. The Morgan fingerprint density at radius 3 is 2.78 bits per heavy atom. The second-order valence-electron chi connectivity index (χ2n) is 5.81. The van der Waals surface area contributed by atoms with Crippen molar-refractivity contribution in [3.8, 4) is 0 Å². The highest BCUT2D eigenvalue weighted by molar-refractivity contribution is 9.09. The highest BCUT2D eigenvalue weighted by Crippen LogP contribution is 2.43. The summed E-state index contributed by atoms with van der Waals surface area (Å²) in [5.41, 5.74) is 0.483. The van der Waals surface area contributed by atoms with E-state index in [4.69, 9.17) is 4.74 Å². The molecule has 1 unspecified atom stereocenters. The van der Waals surface area contributed by atoms with Crippen molar-refractivity contribution in [1.29, 1.82) is 0 Å². The predicted octanol–water partition coefficient (Wildman–Crippen LogP) is 2.83. The maximum atomic E-state index is 11.8. The standard InChI is InChI=1S/C14H24BrNO2/c1-2-18-13(17)12-5-3-8-16(9-12)11-14(10-15)6-4-7-14/h12H,2-11H2,1H3. The van der Waals surface area contributed by atoms with Crippen LogP contribution in [0, 0.1) is 11.3 Å². The quantitative estimate of drug-likeness (QED) is 0.577. The summed E-state index contributed by atoms with van der Waals surface area (Å²) < 4.78 is 5.15. The maximum absolute atomic E-state index is 11.8. The molecule has 0 aromatic heterocycles. The first-order chi connectivity index (χ1) is 8.69. The van der Waals surface area contributed by atoms with Crippen LogP contribution in [-0.2, 0) is 9.53 Å². The van der Waals surface area contributed by atoms with Crippen LogP contribution in [0.3, 0.4) is 0 Å². The molecule has 4 heteroatoms. The van der Waals surface area contributed by atoms with E-state index in [0.717, 1.165) is 37.8 Å². The summed E-state index contributed by atoms with van der Waals surface area (Å²) in [6.45, 7) is 5.57. The summed E-state index contributed by atoms with van der Waals surface area (Å²) in [5.74, 6) is 0.106. The van der Waals surface area contributed by atoms with Crippen molar-refractivity contribution in [2.24, 2.45) is 11.3 Å². The van der Waals surface area contributed by atoms with Gasteiger partial charge in [0.05, 0.1) is 12.5 Å². The van der Waals surface area contributed by atoms with Crippen LogP contribution in [0.2, 0.25) is 0 Å². The number of carbonyl (C=O) groups excluding carboxylic acids is 1. The molecule has 1 saturated heterocycles. The van der Waals surface area contributed by atoms with Gasteiger partial charge in [-0.1, -0.05) is 22.4 Å². The van der Waals surface area contributed by atoms with E-state index in [9.17, 15) is 4.79 Å². The first-order valence-corrected chi connectivity index (χ1v) is 8.26. The Kier molecular flexibility index (Phi) is 5.07. The Morgan fingerprint density at radius 2 is 2.22 bits per heavy atom. The van der Waals surface area contributed by atoms with Crippen LogP contribution in [-0.4, -0.2) is 42.4 Å². The fraction of sp³-hybridized carbons (Fsp3) is 0.929. The van der Waals surface area contributed by atoms with Gasteiger partial charge < -0.3 is 9.64 Å². The van der Waals surface area contributed by atoms with Crippen molar-refractivity contribution in [2.45, 2.75) is 39.0 Å². The molecule has 1 saturated carbocycles. The minimum Gasteiger partial charge on any atom is -0.466 e. The summed E-state index contributed by atoms with van der Waals surface area (Å²) >= 11 is 3.66. The number of carbonyl (C=O) groups is 1. The van der Waals surface area contributed by atoms with Gasteiger partial charge in [0.15, 0.2) is 0 Å². The Balaban J connectivity index is 1.84. The van der Waals surface area contributed by atoms with Crippen LogP contribution < -0.4 is 0 Å². The number of alkyl halides is 1. The van der Waals surface area contributed by atoms with Crippen LogP contribution >= 0.6 is 15.9 Å². The summed E-state index contributed by atoms with van der Waals surface area (Å²) in [4.78, 5) is 14.3. The Morgan fingerprint density at radius 1 is 1.44 bits per heavy atom. The van der Waals surface area contributed by atoms with E-state index in [0.29, 0.717) is 12.0 Å². The number of rotatable bonds is 5. The number of hydrogen-bond donors (Lipinski definition) is 0. The van der Waals surface area contributed by atoms with E-state index < -0.39 is 0 Å². The zero-order chi connectivity index (χ0) is 13.0. The van der Waals surface area contributed by atoms with Crippen molar-refractivity contribution in [2.75, 3.05) is 31.6 Å². The molecule has 2 aliphatic rings. The molecule has 0 amide bonds. The van der Waals surface area contributed by atoms with Crippen LogP contribution in [0.15, 0.2) is 0 Å². The monoisotopic (exact) mass is 317 g/mol. The van der Waals surface area contributed by atoms with Crippen LogP contribution in [0.25, 0.3) is 0 Å². The highest BCUT2D eigenvalue weighted by Gasteiger charge is 2.39. The highest BCUT2D eigenvalue weighted by atomic mass is 79.9. The molecule has 1 aliphatic heterocycles. The smallest absolute Gasteiger partial charge is 0.310 e. The molecule has 0 radical (unpaired) electrons. The molecule has 104 valence electrons. The molecular weight excluding hydrogens is 294 g/mol. The van der Waals surface area contributed by atoms with Gasteiger partial charge in [0, 0.05) is 18.4 Å². The van der Waals surface area contributed by atoms with Crippen molar-refractivity contribution in [1.82, 2.24) is 4.90 Å². The first kappa shape index (κ1) is 14.3. The Bertz CT molecular complexity index is 286. The van der Waals surface area contributed by atoms with E-state index >= 15 is 0 Å². The molecule has 3 nitrogen and oxygen atoms in total. The number of likely N-dealkylation sites (tertiary alicyclic amines) is 1. The van der Waals surface area contributed by atoms with Crippen LogP contribution in [0.4, 0.5) is 0 Å². The molecule has 1 heterocycles. The van der Waals surface area contributed by atoms with Gasteiger partial charge in [-0.15, -0.1) is 0 Å². The van der Waals surface area contributed by atoms with Gasteiger partial charge in [0.25, 0.3) is 0 Å². The normalized spacial score (nSPS) is 27.6. The summed E-state index contributed by atoms with van der Waals surface area (Å²) in [6, 6.07) is 0. The van der Waals surface area contributed by atoms with Crippen molar-refractivity contribution < 1.29 is 9.53 Å². The number of hydrogen-bond acceptors (Lipinski definition) is 3. The van der Waals surface area contributed by atoms with E-state index in [1.54, 1.807) is 0 Å². The second-order valence-corrected chi connectivity index (χ2v) is 6.37. The second kappa shape index (κ2) is 6.38. The number of halogens is 1. The van der Waals surface area contributed by atoms with Gasteiger partial charge in [0.2, 0.25) is 0 Å². The minimum absolute atomic E-state index is 0.00343. The fourth-order valence-corrected chi connectivity index (χ4v) is 3.87. The summed E-state index contributed by atoms with van der Waals surface area (Å²) in [6.07, 6.45) is 6.15. The van der Waals surface area contributed by atoms with Crippen LogP contribution in [0.5, 0.6) is 0 Å². The Hall–Kier alpha value is -0.0900. The number of piperidine rings is 1. The van der Waals surface area contributed by atoms with E-state index in [-0.39, 0.29) is 11.9 Å². The van der Waals surface area contributed by atoms with Crippen molar-refractivity contribution in [3.05, 3.63) is 0 Å². The fourth-order valence-electron chi connectivity index (χ4n) is 3.14. The molecule has 2 fully saturated rings. The molecular formula is C14H24BrNO2. The van der Waals surface area contributed by atoms with Gasteiger partial charge in [0.1, 0.15) is 0 Å². The molecule has 0 spiro atoms. The number of ether oxygens (including phenoxy) is 1. The van der Waals surface area contributed by atoms with Gasteiger partial charge in [-0.2, -0.15) is 0 Å². The number of nitrogens with zero attached hydrogens (tertiary/aromatic N) is 1. The lowest BCUT2D eigenvalue weighted by Crippen LogP contribution is -2.48. The van der Waals surface area contributed by atoms with Crippen LogP contribution in [0.1, 0.15) is 39.0 Å². The van der Waals surface area contributed by atoms with Gasteiger partial charge in [-0.25, -0.2) is 0 Å². The minimum atomic E-state index is 0.00343. The third-order valence-electron chi connectivity index (χ3n) is 4.38. The molecule has 0 aromatic rings. The van der Waals surface area contributed by atoms with Gasteiger partial charge in [-0.05, 0) is 44.6 Å². The van der Waals surface area contributed by atoms with Gasteiger partial charge >= 0.3 is 5.97 Å². The predicted molar refractivity (Wildman–Crippen MR) is 75.9 cm³/mol. The van der Waals surface area contributed by atoms with Crippen molar-refractivity contribution in [3.63, 3.8) is 0 Å². The number of esters is 1. The maximum Gasteiger partial charge on any atom is 0.310 e. The lowest BCUT2D eigenvalue weighted by Gasteiger charge is -2.45. The first-order valence-electron chi connectivity index (χ1n) is 7.14. The van der Waals surface area contributed by atoms with E-state index in [1.165, 1.54) is 19.3 Å². The molecule has 0 bridgehead atoms. The third kappa shape index (κ3) is 3.27. The molecule has 18 heavy (non-hydrogen) atoms. The molecule has 1 aliphatic carbocycles. The average Bonchev–Trinajstić information content (AvgIpc) is 2.34. The topological polar surface area (TPSA) is 29.5 Å².